The van der Waals surface area contributed by atoms with Crippen molar-refractivity contribution < 1.29 is 9.90 Å². The van der Waals surface area contributed by atoms with Crippen molar-refractivity contribution in [3.05, 3.63) is 23.4 Å². The van der Waals surface area contributed by atoms with Crippen molar-refractivity contribution in [1.29, 1.82) is 0 Å². The summed E-state index contributed by atoms with van der Waals surface area (Å²) in [7, 11) is 0. The van der Waals surface area contributed by atoms with Crippen molar-refractivity contribution in [3.63, 3.8) is 0 Å². The molecule has 0 spiro atoms. The number of nitrogens with one attached hydrogen (secondary N) is 1. The Morgan fingerprint density at radius 1 is 1.82 bits per heavy atom. The Balaban J connectivity index is 2.82. The molecule has 1 aliphatic rings. The highest BCUT2D eigenvalue weighted by atomic mass is 35.5. The average molecular weight is 175 g/mol. The van der Waals surface area contributed by atoms with Gasteiger partial charge in [0, 0.05) is 6.20 Å². The molecule has 60 valence electrons. The molecule has 11 heavy (non-hydrogen) atoms. The highest BCUT2D eigenvalue weighted by Gasteiger charge is 2.31. The minimum atomic E-state index is -1.52. The maximum absolute atomic E-state index is 10.5. The largest absolute Gasteiger partial charge is 0.478 e. The first-order valence-electron chi connectivity index (χ1n) is 2.89. The molecule has 1 aliphatic heterocycles. The number of allylic oxidation sites excluding steroid dienone is 2. The van der Waals surface area contributed by atoms with Crippen LogP contribution in [-0.2, 0) is 4.79 Å². The van der Waals surface area contributed by atoms with Gasteiger partial charge in [-0.1, -0.05) is 11.6 Å². The van der Waals surface area contributed by atoms with Crippen LogP contribution in [0.25, 0.3) is 0 Å². The molecule has 0 aromatic carbocycles. The molecule has 1 unspecified atom stereocenters. The molecule has 0 amide bonds. The molecule has 0 fully saturated rings. The lowest BCUT2D eigenvalue weighted by Gasteiger charge is -2.23. The van der Waals surface area contributed by atoms with Gasteiger partial charge in [0.15, 0.2) is 0 Å². The zero-order valence-electron chi connectivity index (χ0n) is 5.54. The van der Waals surface area contributed by atoms with Crippen LogP contribution in [0.4, 0.5) is 0 Å². The third-order valence-corrected chi connectivity index (χ3v) is 1.54. The quantitative estimate of drug-likeness (QED) is 0.522. The number of hydrogen-bond donors (Lipinski definition) is 3. The number of aliphatic carboxylic acids is 1. The molecule has 0 aromatic rings. The fourth-order valence-corrected chi connectivity index (χ4v) is 0.746. The number of halogens is 1. The minimum Gasteiger partial charge on any atom is -0.478 e. The molecule has 0 aliphatic carbocycles. The molecule has 0 saturated carbocycles. The first-order chi connectivity index (χ1) is 5.04. The molecule has 1 rings (SSSR count). The van der Waals surface area contributed by atoms with Gasteiger partial charge in [-0.3, -0.25) is 5.73 Å². The van der Waals surface area contributed by atoms with Crippen LogP contribution in [0, 0.1) is 0 Å². The summed E-state index contributed by atoms with van der Waals surface area (Å²) in [6, 6.07) is 0. The second kappa shape index (κ2) is 2.56. The van der Waals surface area contributed by atoms with E-state index in [0.717, 1.165) is 0 Å². The van der Waals surface area contributed by atoms with Crippen molar-refractivity contribution in [1.82, 2.24) is 5.32 Å². The zero-order chi connectivity index (χ0) is 8.48. The highest BCUT2D eigenvalue weighted by Crippen LogP contribution is 2.11. The van der Waals surface area contributed by atoms with Crippen LogP contribution >= 0.6 is 11.6 Å². The summed E-state index contributed by atoms with van der Waals surface area (Å²) in [5.74, 6) is -1.14. The van der Waals surface area contributed by atoms with Crippen molar-refractivity contribution >= 4 is 17.6 Å². The molecule has 5 heteroatoms. The van der Waals surface area contributed by atoms with Crippen LogP contribution in [0.2, 0.25) is 0 Å². The fraction of sp³-hybridized carbons (Fsp3) is 0.167. The summed E-state index contributed by atoms with van der Waals surface area (Å²) < 4.78 is 0. The number of dihydropyridines is 1. The Morgan fingerprint density at radius 2 is 2.45 bits per heavy atom. The van der Waals surface area contributed by atoms with Gasteiger partial charge in [0.25, 0.3) is 0 Å². The van der Waals surface area contributed by atoms with Crippen molar-refractivity contribution in [2.24, 2.45) is 5.73 Å². The first kappa shape index (κ1) is 8.10. The van der Waals surface area contributed by atoms with Gasteiger partial charge in [-0.25, -0.2) is 4.79 Å². The van der Waals surface area contributed by atoms with Gasteiger partial charge < -0.3 is 10.4 Å². The van der Waals surface area contributed by atoms with Gasteiger partial charge in [0.1, 0.15) is 0 Å². The van der Waals surface area contributed by atoms with Crippen LogP contribution in [0.15, 0.2) is 23.4 Å². The highest BCUT2D eigenvalue weighted by molar-refractivity contribution is 6.31. The molecular formula is C6H7ClN2O2. The van der Waals surface area contributed by atoms with Gasteiger partial charge in [-0.15, -0.1) is 0 Å². The van der Waals surface area contributed by atoms with E-state index in [1.54, 1.807) is 0 Å². The second-order valence-corrected chi connectivity index (χ2v) is 2.62. The van der Waals surface area contributed by atoms with Gasteiger partial charge in [-0.05, 0) is 12.2 Å². The van der Waals surface area contributed by atoms with Crippen LogP contribution < -0.4 is 11.1 Å². The van der Waals surface area contributed by atoms with E-state index in [1.807, 2.05) is 0 Å². The Kier molecular flexibility index (Phi) is 1.89. The molecule has 1 atom stereocenters. The molecule has 0 radical (unpaired) electrons. The standard InChI is InChI=1S/C6H7ClN2O2/c7-4-1-2-6(8,5(10)11)9-3-4/h1-3,9H,8H2,(H,10,11). The summed E-state index contributed by atoms with van der Waals surface area (Å²) in [5.41, 5.74) is 3.85. The van der Waals surface area contributed by atoms with Crippen molar-refractivity contribution in [3.8, 4) is 0 Å². The summed E-state index contributed by atoms with van der Waals surface area (Å²) in [4.78, 5) is 10.5. The van der Waals surface area contributed by atoms with E-state index in [9.17, 15) is 4.79 Å². The lowest BCUT2D eigenvalue weighted by atomic mass is 10.1. The molecule has 4 N–H and O–H groups in total. The molecule has 0 aromatic heterocycles. The zero-order valence-corrected chi connectivity index (χ0v) is 6.30. The molecular weight excluding hydrogens is 168 g/mol. The van der Waals surface area contributed by atoms with Gasteiger partial charge >= 0.3 is 5.97 Å². The van der Waals surface area contributed by atoms with Gasteiger partial charge in [0.2, 0.25) is 5.66 Å². The summed E-state index contributed by atoms with van der Waals surface area (Å²) >= 11 is 5.51. The van der Waals surface area contributed by atoms with Gasteiger partial charge in [0.05, 0.1) is 5.03 Å². The number of carboxylic acids is 1. The van der Waals surface area contributed by atoms with E-state index in [0.29, 0.717) is 5.03 Å². The lowest BCUT2D eigenvalue weighted by Crippen LogP contribution is -2.57. The Labute approximate surface area is 68.3 Å². The van der Waals surface area contributed by atoms with E-state index in [2.05, 4.69) is 5.32 Å². The predicted molar refractivity (Wildman–Crippen MR) is 40.8 cm³/mol. The minimum absolute atomic E-state index is 0.423. The van der Waals surface area contributed by atoms with E-state index >= 15 is 0 Å². The SMILES string of the molecule is NC1(C(=O)O)C=CC(Cl)=CN1. The van der Waals surface area contributed by atoms with Crippen LogP contribution in [0.1, 0.15) is 0 Å². The van der Waals surface area contributed by atoms with Gasteiger partial charge in [-0.2, -0.15) is 0 Å². The van der Waals surface area contributed by atoms with E-state index in [-0.39, 0.29) is 0 Å². The fourth-order valence-electron chi connectivity index (χ4n) is 0.629. The maximum Gasteiger partial charge on any atom is 0.348 e. The summed E-state index contributed by atoms with van der Waals surface area (Å²) in [6.07, 6.45) is 4.07. The first-order valence-corrected chi connectivity index (χ1v) is 3.27. The number of nitrogens with two attached hydrogens (primary N) is 1. The second-order valence-electron chi connectivity index (χ2n) is 2.18. The van der Waals surface area contributed by atoms with E-state index in [1.165, 1.54) is 18.4 Å². The number of carboxylic acid groups (broad SMARTS) is 1. The Morgan fingerprint density at radius 3 is 2.82 bits per heavy atom. The summed E-state index contributed by atoms with van der Waals surface area (Å²) in [6.45, 7) is 0. The molecule has 4 nitrogen and oxygen atoms in total. The molecule has 1 heterocycles. The van der Waals surface area contributed by atoms with Crippen LogP contribution in [0.5, 0.6) is 0 Å². The van der Waals surface area contributed by atoms with E-state index in [4.69, 9.17) is 22.4 Å². The Hall–Kier alpha value is -1.00. The maximum atomic E-state index is 10.5. The molecule has 0 bridgehead atoms. The normalized spacial score (nSPS) is 29.1. The molecule has 0 saturated heterocycles. The number of hydrogen-bond acceptors (Lipinski definition) is 3. The Bertz CT molecular complexity index is 249. The van der Waals surface area contributed by atoms with Crippen LogP contribution in [0.3, 0.4) is 0 Å². The van der Waals surface area contributed by atoms with Crippen LogP contribution in [-0.4, -0.2) is 16.7 Å². The summed E-state index contributed by atoms with van der Waals surface area (Å²) in [5, 5.41) is 11.4. The van der Waals surface area contributed by atoms with Crippen molar-refractivity contribution in [2.45, 2.75) is 5.66 Å². The lowest BCUT2D eigenvalue weighted by molar-refractivity contribution is -0.142. The predicted octanol–water partition coefficient (Wildman–Crippen LogP) is -0.0344. The monoisotopic (exact) mass is 174 g/mol. The third kappa shape index (κ3) is 1.53. The smallest absolute Gasteiger partial charge is 0.348 e. The topological polar surface area (TPSA) is 75.4 Å². The van der Waals surface area contributed by atoms with Crippen molar-refractivity contribution in [2.75, 3.05) is 0 Å². The average Bonchev–Trinajstić information content (AvgIpc) is 1.95. The number of carbonyl (C=O) groups is 1. The third-order valence-electron chi connectivity index (χ3n) is 1.31. The number of rotatable bonds is 1. The van der Waals surface area contributed by atoms with E-state index < -0.39 is 11.6 Å².